The van der Waals surface area contributed by atoms with Crippen LogP contribution in [0.5, 0.6) is 0 Å². The van der Waals surface area contributed by atoms with Crippen LogP contribution in [-0.2, 0) is 9.59 Å². The fraction of sp³-hybridized carbons (Fsp3) is 0.375. The van der Waals surface area contributed by atoms with Gasteiger partial charge in [0.05, 0.1) is 17.5 Å². The number of nitrogens with two attached hydrogens (primary N) is 1. The Morgan fingerprint density at radius 2 is 1.80 bits per heavy atom. The van der Waals surface area contributed by atoms with Crippen LogP contribution in [0.1, 0.15) is 29.7 Å². The Labute approximate surface area is 159 Å². The van der Waals surface area contributed by atoms with Crippen molar-refractivity contribution in [3.8, 4) is 0 Å². The van der Waals surface area contributed by atoms with Gasteiger partial charge in [0.2, 0.25) is 11.8 Å². The van der Waals surface area contributed by atoms with Gasteiger partial charge in [0, 0.05) is 0 Å². The topological polar surface area (TPSA) is 98.0 Å². The van der Waals surface area contributed by atoms with Crippen LogP contribution in [0.4, 0.5) is 0 Å². The van der Waals surface area contributed by atoms with Crippen LogP contribution in [-0.4, -0.2) is 33.5 Å². The Bertz CT molecular complexity index is 764. The van der Waals surface area contributed by atoms with Crippen molar-refractivity contribution >= 4 is 46.7 Å². The minimum absolute atomic E-state index is 0.0523. The quantitative estimate of drug-likeness (QED) is 0.666. The molecule has 0 unspecified atom stereocenters. The summed E-state index contributed by atoms with van der Waals surface area (Å²) in [6, 6.07) is 6.14. The Morgan fingerprint density at radius 1 is 1.16 bits per heavy atom. The van der Waals surface area contributed by atoms with Gasteiger partial charge in [-0.2, -0.15) is 0 Å². The normalized spacial score (nSPS) is 12.0. The first-order valence-electron chi connectivity index (χ1n) is 7.59. The third-order valence-electron chi connectivity index (χ3n) is 3.46. The molecule has 2 rings (SSSR count). The Morgan fingerprint density at radius 3 is 2.40 bits per heavy atom. The molecule has 1 aromatic carbocycles. The summed E-state index contributed by atoms with van der Waals surface area (Å²) in [5, 5.41) is 11.0. The van der Waals surface area contributed by atoms with Gasteiger partial charge in [0.15, 0.2) is 8.68 Å². The highest BCUT2D eigenvalue weighted by atomic mass is 32.2. The molecule has 0 bridgehead atoms. The summed E-state index contributed by atoms with van der Waals surface area (Å²) in [7, 11) is 0. The average molecular weight is 397 g/mol. The van der Waals surface area contributed by atoms with E-state index < -0.39 is 5.91 Å². The minimum atomic E-state index is -0.394. The van der Waals surface area contributed by atoms with E-state index >= 15 is 0 Å². The number of aromatic nitrogens is 2. The molecule has 0 aliphatic rings. The monoisotopic (exact) mass is 396 g/mol. The lowest BCUT2D eigenvalue weighted by Crippen LogP contribution is -2.28. The molecule has 1 aromatic heterocycles. The smallest absolute Gasteiger partial charge is 0.230 e. The molecule has 3 N–H and O–H groups in total. The zero-order valence-corrected chi connectivity index (χ0v) is 16.7. The molecule has 9 heteroatoms. The Balaban J connectivity index is 1.82. The molecule has 0 aliphatic heterocycles. The van der Waals surface area contributed by atoms with Gasteiger partial charge in [-0.25, -0.2) is 0 Å². The summed E-state index contributed by atoms with van der Waals surface area (Å²) >= 11 is 3.93. The van der Waals surface area contributed by atoms with E-state index in [-0.39, 0.29) is 23.5 Å². The number of thioether (sulfide) groups is 2. The van der Waals surface area contributed by atoms with Crippen molar-refractivity contribution < 1.29 is 9.59 Å². The Kier molecular flexibility index (Phi) is 7.27. The number of primary amides is 1. The molecule has 0 spiro atoms. The van der Waals surface area contributed by atoms with E-state index in [4.69, 9.17) is 5.73 Å². The number of benzene rings is 1. The fourth-order valence-corrected chi connectivity index (χ4v) is 4.54. The van der Waals surface area contributed by atoms with Gasteiger partial charge in [-0.1, -0.05) is 53.1 Å². The van der Waals surface area contributed by atoms with Crippen molar-refractivity contribution in [2.75, 3.05) is 11.5 Å². The van der Waals surface area contributed by atoms with Crippen LogP contribution in [0.15, 0.2) is 26.9 Å². The number of hydrogen-bond acceptors (Lipinski definition) is 7. The number of rotatable bonds is 8. The van der Waals surface area contributed by atoms with Crippen molar-refractivity contribution in [1.29, 1.82) is 0 Å². The van der Waals surface area contributed by atoms with E-state index in [0.717, 1.165) is 5.56 Å². The molecule has 1 atom stereocenters. The lowest BCUT2D eigenvalue weighted by Gasteiger charge is -2.15. The van der Waals surface area contributed by atoms with E-state index in [2.05, 4.69) is 41.5 Å². The third kappa shape index (κ3) is 6.33. The van der Waals surface area contributed by atoms with Gasteiger partial charge in [0.25, 0.3) is 0 Å². The first-order chi connectivity index (χ1) is 11.8. The van der Waals surface area contributed by atoms with E-state index in [1.807, 2.05) is 13.0 Å². The van der Waals surface area contributed by atoms with Gasteiger partial charge in [-0.05, 0) is 37.5 Å². The van der Waals surface area contributed by atoms with Crippen LogP contribution in [0.25, 0.3) is 0 Å². The maximum absolute atomic E-state index is 12.1. The first kappa shape index (κ1) is 19.7. The van der Waals surface area contributed by atoms with Crippen molar-refractivity contribution in [1.82, 2.24) is 15.5 Å². The maximum atomic E-state index is 12.1. The van der Waals surface area contributed by atoms with Crippen molar-refractivity contribution in [3.63, 3.8) is 0 Å². The SMILES string of the molecule is Cc1ccc([C@H](C)NC(=O)CSc2nnc(SCC(N)=O)s2)cc1C. The van der Waals surface area contributed by atoms with Crippen LogP contribution >= 0.6 is 34.9 Å². The van der Waals surface area contributed by atoms with Crippen molar-refractivity contribution in [2.24, 2.45) is 5.73 Å². The lowest BCUT2D eigenvalue weighted by molar-refractivity contribution is -0.119. The molecule has 0 fully saturated rings. The molecule has 6 nitrogen and oxygen atoms in total. The predicted octanol–water partition coefficient (Wildman–Crippen LogP) is 2.70. The maximum Gasteiger partial charge on any atom is 0.230 e. The van der Waals surface area contributed by atoms with Gasteiger partial charge in [-0.3, -0.25) is 9.59 Å². The summed E-state index contributed by atoms with van der Waals surface area (Å²) in [5.41, 5.74) is 8.63. The molecule has 2 amide bonds. The number of carbonyl (C=O) groups is 2. The van der Waals surface area contributed by atoms with Crippen molar-refractivity contribution in [2.45, 2.75) is 35.5 Å². The second-order valence-corrected chi connectivity index (χ2v) is 8.93. The van der Waals surface area contributed by atoms with Gasteiger partial charge in [-0.15, -0.1) is 10.2 Å². The predicted molar refractivity (Wildman–Crippen MR) is 103 cm³/mol. The molecule has 2 aromatic rings. The van der Waals surface area contributed by atoms with E-state index in [9.17, 15) is 9.59 Å². The first-order valence-corrected chi connectivity index (χ1v) is 10.4. The van der Waals surface area contributed by atoms with Crippen LogP contribution in [0.2, 0.25) is 0 Å². The van der Waals surface area contributed by atoms with Gasteiger partial charge in [0.1, 0.15) is 0 Å². The number of hydrogen-bond donors (Lipinski definition) is 2. The number of aryl methyl sites for hydroxylation is 2. The molecule has 134 valence electrons. The molecule has 0 radical (unpaired) electrons. The zero-order chi connectivity index (χ0) is 18.4. The van der Waals surface area contributed by atoms with Gasteiger partial charge >= 0.3 is 0 Å². The number of carbonyl (C=O) groups excluding carboxylic acids is 2. The van der Waals surface area contributed by atoms with Crippen molar-refractivity contribution in [3.05, 3.63) is 34.9 Å². The molecule has 0 saturated carbocycles. The third-order valence-corrected chi connectivity index (χ3v) is 6.67. The molecule has 25 heavy (non-hydrogen) atoms. The molecule has 0 saturated heterocycles. The van der Waals surface area contributed by atoms with E-state index in [1.165, 1.54) is 46.0 Å². The average Bonchev–Trinajstić information content (AvgIpc) is 3.01. The molecule has 1 heterocycles. The summed E-state index contributed by atoms with van der Waals surface area (Å²) < 4.78 is 1.37. The largest absolute Gasteiger partial charge is 0.369 e. The summed E-state index contributed by atoms with van der Waals surface area (Å²) in [6.07, 6.45) is 0. The fourth-order valence-electron chi connectivity index (χ4n) is 1.97. The highest BCUT2D eigenvalue weighted by molar-refractivity contribution is 8.03. The van der Waals surface area contributed by atoms with E-state index in [1.54, 1.807) is 0 Å². The second-order valence-electron chi connectivity index (χ2n) is 5.51. The number of amides is 2. The zero-order valence-electron chi connectivity index (χ0n) is 14.2. The number of nitrogens with zero attached hydrogens (tertiary/aromatic N) is 2. The Hall–Kier alpha value is -1.58. The summed E-state index contributed by atoms with van der Waals surface area (Å²) in [4.78, 5) is 22.9. The van der Waals surface area contributed by atoms with Gasteiger partial charge < -0.3 is 11.1 Å². The van der Waals surface area contributed by atoms with E-state index in [0.29, 0.717) is 8.68 Å². The van der Waals surface area contributed by atoms with Crippen LogP contribution < -0.4 is 11.1 Å². The summed E-state index contributed by atoms with van der Waals surface area (Å²) in [6.45, 7) is 6.10. The molecular formula is C16H20N4O2S3. The summed E-state index contributed by atoms with van der Waals surface area (Å²) in [5.74, 6) is -0.0104. The highest BCUT2D eigenvalue weighted by Gasteiger charge is 2.13. The molecule has 0 aliphatic carbocycles. The minimum Gasteiger partial charge on any atom is -0.369 e. The highest BCUT2D eigenvalue weighted by Crippen LogP contribution is 2.28. The van der Waals surface area contributed by atoms with Crippen LogP contribution in [0.3, 0.4) is 0 Å². The molecular weight excluding hydrogens is 376 g/mol. The lowest BCUT2D eigenvalue weighted by atomic mass is 10.0. The van der Waals surface area contributed by atoms with Crippen LogP contribution in [0, 0.1) is 13.8 Å². The standard InChI is InChI=1S/C16H20N4O2S3/c1-9-4-5-12(6-10(9)2)11(3)18-14(22)8-24-16-20-19-15(25-16)23-7-13(17)21/h4-6,11H,7-8H2,1-3H3,(H2,17,21)(H,18,22)/t11-/m0/s1. The second kappa shape index (κ2) is 9.21. The number of nitrogens with one attached hydrogen (secondary N) is 1.